The van der Waals surface area contributed by atoms with Gasteiger partial charge >= 0.3 is 5.97 Å². The van der Waals surface area contributed by atoms with Gasteiger partial charge in [0.05, 0.1) is 0 Å². The number of aromatic hydroxyl groups is 2. The van der Waals surface area contributed by atoms with Gasteiger partial charge in [0.1, 0.15) is 17.1 Å². The minimum atomic E-state index is -1.12. The molecule has 0 unspecified atom stereocenters. The van der Waals surface area contributed by atoms with Crippen LogP contribution in [0.1, 0.15) is 27.9 Å². The van der Waals surface area contributed by atoms with E-state index in [0.29, 0.717) is 0 Å². The second-order valence-corrected chi connectivity index (χ2v) is 6.25. The molecular weight excluding hydrogens is 328 g/mol. The van der Waals surface area contributed by atoms with Gasteiger partial charge in [-0.15, -0.1) is 0 Å². The minimum Gasteiger partial charge on any atom is -0.508 e. The Balaban J connectivity index is 1.59. The monoisotopic (exact) mass is 348 g/mol. The van der Waals surface area contributed by atoms with Crippen LogP contribution in [0.15, 0.2) is 66.7 Å². The molecule has 0 fully saturated rings. The van der Waals surface area contributed by atoms with Crippen molar-refractivity contribution in [3.8, 4) is 22.6 Å². The summed E-state index contributed by atoms with van der Waals surface area (Å²) in [5, 5.41) is 28.0. The number of rotatable bonds is 6. The van der Waals surface area contributed by atoms with Gasteiger partial charge in [-0.3, -0.25) is 0 Å². The van der Waals surface area contributed by atoms with E-state index >= 15 is 0 Å². The Labute approximate surface area is 152 Å². The average Bonchev–Trinajstić information content (AvgIpc) is 2.64. The van der Waals surface area contributed by atoms with Crippen LogP contribution in [0.2, 0.25) is 0 Å². The predicted molar refractivity (Wildman–Crippen MR) is 101 cm³/mol. The number of benzene rings is 3. The Bertz CT molecular complexity index is 896. The fourth-order valence-corrected chi connectivity index (χ4v) is 2.92. The Morgan fingerprint density at radius 1 is 0.731 bits per heavy atom. The molecule has 0 aliphatic carbocycles. The number of aryl methyl sites for hydroxylation is 2. The van der Waals surface area contributed by atoms with Gasteiger partial charge in [-0.05, 0) is 65.8 Å². The van der Waals surface area contributed by atoms with Gasteiger partial charge in [0.15, 0.2) is 0 Å². The maximum Gasteiger partial charge on any atom is 0.339 e. The van der Waals surface area contributed by atoms with Gasteiger partial charge in [-0.25, -0.2) is 4.79 Å². The maximum atomic E-state index is 11.1. The van der Waals surface area contributed by atoms with E-state index in [9.17, 15) is 15.0 Å². The van der Waals surface area contributed by atoms with E-state index in [1.54, 1.807) is 18.2 Å². The molecule has 0 aliphatic rings. The number of carbonyl (C=O) groups is 1. The summed E-state index contributed by atoms with van der Waals surface area (Å²) in [4.78, 5) is 11.1. The van der Waals surface area contributed by atoms with E-state index in [-0.39, 0.29) is 17.1 Å². The summed E-state index contributed by atoms with van der Waals surface area (Å²) in [5.74, 6) is -1.06. The Kier molecular flexibility index (Phi) is 5.23. The number of phenolic OH excluding ortho intramolecular Hbond substituents is 1. The molecule has 4 nitrogen and oxygen atoms in total. The lowest BCUT2D eigenvalue weighted by molar-refractivity contribution is 0.0693. The SMILES string of the molecule is O=C(O)c1cc(CCCc2ccc(-c3ccc(O)cc3)cc2)ccc1O. The van der Waals surface area contributed by atoms with E-state index < -0.39 is 5.97 Å². The van der Waals surface area contributed by atoms with Crippen LogP contribution in [0.5, 0.6) is 11.5 Å². The molecule has 0 atom stereocenters. The molecule has 0 saturated carbocycles. The van der Waals surface area contributed by atoms with Gasteiger partial charge in [0.25, 0.3) is 0 Å². The first-order chi connectivity index (χ1) is 12.5. The summed E-state index contributed by atoms with van der Waals surface area (Å²) in [7, 11) is 0. The molecule has 3 N–H and O–H groups in total. The zero-order valence-electron chi connectivity index (χ0n) is 14.2. The van der Waals surface area contributed by atoms with E-state index in [1.165, 1.54) is 17.7 Å². The Hall–Kier alpha value is -3.27. The van der Waals surface area contributed by atoms with Gasteiger partial charge in [0.2, 0.25) is 0 Å². The molecule has 0 radical (unpaired) electrons. The first-order valence-corrected chi connectivity index (χ1v) is 8.46. The maximum absolute atomic E-state index is 11.1. The third-order valence-electron chi connectivity index (χ3n) is 4.38. The van der Waals surface area contributed by atoms with E-state index in [2.05, 4.69) is 24.3 Å². The average molecular weight is 348 g/mol. The molecule has 3 aromatic rings. The highest BCUT2D eigenvalue weighted by Crippen LogP contribution is 2.23. The van der Waals surface area contributed by atoms with Gasteiger partial charge in [-0.1, -0.05) is 42.5 Å². The van der Waals surface area contributed by atoms with Crippen LogP contribution in [-0.2, 0) is 12.8 Å². The fraction of sp³-hybridized carbons (Fsp3) is 0.136. The van der Waals surface area contributed by atoms with Crippen molar-refractivity contribution >= 4 is 5.97 Å². The Morgan fingerprint density at radius 3 is 1.88 bits per heavy atom. The zero-order chi connectivity index (χ0) is 18.5. The zero-order valence-corrected chi connectivity index (χ0v) is 14.2. The first-order valence-electron chi connectivity index (χ1n) is 8.46. The molecule has 4 heteroatoms. The second-order valence-electron chi connectivity index (χ2n) is 6.25. The quantitative estimate of drug-likeness (QED) is 0.606. The van der Waals surface area contributed by atoms with Crippen molar-refractivity contribution in [2.75, 3.05) is 0 Å². The van der Waals surface area contributed by atoms with Crippen LogP contribution >= 0.6 is 0 Å². The van der Waals surface area contributed by atoms with Crippen LogP contribution in [0, 0.1) is 0 Å². The summed E-state index contributed by atoms with van der Waals surface area (Å²) < 4.78 is 0. The third-order valence-corrected chi connectivity index (χ3v) is 4.38. The lowest BCUT2D eigenvalue weighted by atomic mass is 9.99. The molecule has 132 valence electrons. The standard InChI is InChI=1S/C22H20O4/c23-19-11-9-18(10-12-19)17-7-4-15(5-8-17)2-1-3-16-6-13-21(24)20(14-16)22(25)26/h4-14,23-24H,1-3H2,(H,25,26). The van der Waals surface area contributed by atoms with Crippen molar-refractivity contribution in [3.63, 3.8) is 0 Å². The molecule has 0 saturated heterocycles. The normalized spacial score (nSPS) is 10.6. The van der Waals surface area contributed by atoms with Gasteiger partial charge < -0.3 is 15.3 Å². The summed E-state index contributed by atoms with van der Waals surface area (Å²) in [5.41, 5.74) is 4.21. The molecule has 0 aliphatic heterocycles. The fourth-order valence-electron chi connectivity index (χ4n) is 2.92. The highest BCUT2D eigenvalue weighted by atomic mass is 16.4. The van der Waals surface area contributed by atoms with Crippen LogP contribution in [0.4, 0.5) is 0 Å². The second kappa shape index (κ2) is 7.74. The molecular formula is C22H20O4. The van der Waals surface area contributed by atoms with Crippen LogP contribution in [0.25, 0.3) is 11.1 Å². The van der Waals surface area contributed by atoms with E-state index in [0.717, 1.165) is 36.0 Å². The number of phenols is 2. The third kappa shape index (κ3) is 4.22. The van der Waals surface area contributed by atoms with E-state index in [4.69, 9.17) is 5.11 Å². The largest absolute Gasteiger partial charge is 0.508 e. The number of hydrogen-bond acceptors (Lipinski definition) is 3. The highest BCUT2D eigenvalue weighted by molar-refractivity contribution is 5.90. The van der Waals surface area contributed by atoms with Crippen molar-refractivity contribution < 1.29 is 20.1 Å². The molecule has 0 bridgehead atoms. The summed E-state index contributed by atoms with van der Waals surface area (Å²) in [6.45, 7) is 0. The molecule has 0 heterocycles. The van der Waals surface area contributed by atoms with Crippen molar-refractivity contribution in [2.45, 2.75) is 19.3 Å². The lowest BCUT2D eigenvalue weighted by Crippen LogP contribution is -1.99. The molecule has 3 aromatic carbocycles. The van der Waals surface area contributed by atoms with Crippen molar-refractivity contribution in [2.24, 2.45) is 0 Å². The predicted octanol–water partition coefficient (Wildman–Crippen LogP) is 4.64. The van der Waals surface area contributed by atoms with Crippen molar-refractivity contribution in [1.82, 2.24) is 0 Å². The van der Waals surface area contributed by atoms with Crippen molar-refractivity contribution in [3.05, 3.63) is 83.4 Å². The topological polar surface area (TPSA) is 77.8 Å². The first kappa shape index (κ1) is 17.5. The number of carboxylic acid groups (broad SMARTS) is 1. The van der Waals surface area contributed by atoms with Gasteiger partial charge in [-0.2, -0.15) is 0 Å². The van der Waals surface area contributed by atoms with Crippen LogP contribution in [0.3, 0.4) is 0 Å². The smallest absolute Gasteiger partial charge is 0.339 e. The van der Waals surface area contributed by atoms with Gasteiger partial charge in [0, 0.05) is 0 Å². The summed E-state index contributed by atoms with van der Waals surface area (Å²) in [6, 6.07) is 20.1. The van der Waals surface area contributed by atoms with Crippen LogP contribution in [-0.4, -0.2) is 21.3 Å². The molecule has 0 aromatic heterocycles. The van der Waals surface area contributed by atoms with E-state index in [1.807, 2.05) is 12.1 Å². The highest BCUT2D eigenvalue weighted by Gasteiger charge is 2.10. The lowest BCUT2D eigenvalue weighted by Gasteiger charge is -2.07. The number of hydrogen-bond donors (Lipinski definition) is 3. The summed E-state index contributed by atoms with van der Waals surface area (Å²) >= 11 is 0. The molecule has 0 amide bonds. The number of aromatic carboxylic acids is 1. The number of carboxylic acids is 1. The van der Waals surface area contributed by atoms with Crippen molar-refractivity contribution in [1.29, 1.82) is 0 Å². The molecule has 26 heavy (non-hydrogen) atoms. The summed E-state index contributed by atoms with van der Waals surface area (Å²) in [6.07, 6.45) is 2.53. The molecule has 3 rings (SSSR count). The Morgan fingerprint density at radius 2 is 1.27 bits per heavy atom. The van der Waals surface area contributed by atoms with Crippen LogP contribution < -0.4 is 0 Å². The molecule has 0 spiro atoms. The minimum absolute atomic E-state index is 0.0549.